The molecular weight excluding hydrogens is 509 g/mol. The number of nitrogens with zero attached hydrogens (tertiary/aromatic N) is 4. The van der Waals surface area contributed by atoms with Crippen molar-refractivity contribution in [1.29, 1.82) is 0 Å². The third-order valence-corrected chi connectivity index (χ3v) is 8.06. The summed E-state index contributed by atoms with van der Waals surface area (Å²) in [5.41, 5.74) is 3.98. The number of ether oxygens (including phenoxy) is 1. The number of nitrogens with one attached hydrogen (secondary N) is 1. The minimum Gasteiger partial charge on any atom is -0.462 e. The van der Waals surface area contributed by atoms with Gasteiger partial charge in [0.15, 0.2) is 10.9 Å². The molecule has 8 nitrogen and oxygen atoms in total. The maximum atomic E-state index is 12.1. The van der Waals surface area contributed by atoms with Gasteiger partial charge in [0.1, 0.15) is 5.69 Å². The number of hydrogen-bond acceptors (Lipinski definition) is 9. The molecule has 4 heterocycles. The summed E-state index contributed by atoms with van der Waals surface area (Å²) in [5.74, 6) is 0.546. The van der Waals surface area contributed by atoms with Crippen molar-refractivity contribution in [2.24, 2.45) is 0 Å². The van der Waals surface area contributed by atoms with Gasteiger partial charge in [-0.15, -0.1) is 0 Å². The number of esters is 1. The Morgan fingerprint density at radius 1 is 1.34 bits per heavy atom. The monoisotopic (exact) mass is 531 g/mol. The van der Waals surface area contributed by atoms with Crippen molar-refractivity contribution in [1.82, 2.24) is 20.4 Å². The molecule has 182 valence electrons. The molecule has 35 heavy (non-hydrogen) atoms. The van der Waals surface area contributed by atoms with E-state index in [4.69, 9.17) is 37.4 Å². The third kappa shape index (κ3) is 4.36. The Hall–Kier alpha value is -2.43. The molecule has 1 N–H and O–H groups in total. The normalized spacial score (nSPS) is 20.3. The molecule has 2 fully saturated rings. The van der Waals surface area contributed by atoms with Gasteiger partial charge in [-0.1, -0.05) is 45.8 Å². The van der Waals surface area contributed by atoms with Crippen LogP contribution in [-0.4, -0.2) is 47.5 Å². The molecule has 0 amide bonds. The van der Waals surface area contributed by atoms with E-state index >= 15 is 0 Å². The maximum Gasteiger partial charge on any atom is 0.338 e. The highest BCUT2D eigenvalue weighted by atomic mass is 35.5. The van der Waals surface area contributed by atoms with Crippen LogP contribution in [0.15, 0.2) is 38.9 Å². The summed E-state index contributed by atoms with van der Waals surface area (Å²) in [5, 5.41) is 9.98. The fourth-order valence-corrected chi connectivity index (χ4v) is 6.04. The summed E-state index contributed by atoms with van der Waals surface area (Å²) in [6.07, 6.45) is 3.57. The third-order valence-electron chi connectivity index (χ3n) is 6.26. The number of hydrogen-bond donors (Lipinski definition) is 1. The molecule has 2 aliphatic heterocycles. The second-order valence-electron chi connectivity index (χ2n) is 8.76. The van der Waals surface area contributed by atoms with Crippen molar-refractivity contribution in [2.45, 2.75) is 32.4 Å². The highest BCUT2D eigenvalue weighted by Gasteiger charge is 2.36. The highest BCUT2D eigenvalue weighted by molar-refractivity contribution is 7.22. The summed E-state index contributed by atoms with van der Waals surface area (Å²) in [6.45, 7) is 5.16. The van der Waals surface area contributed by atoms with Gasteiger partial charge in [0.05, 0.1) is 41.8 Å². The zero-order chi connectivity index (χ0) is 24.1. The Bertz CT molecular complexity index is 1370. The predicted octanol–water partition coefficient (Wildman–Crippen LogP) is 5.21. The molecule has 1 aliphatic carbocycles. The Labute approximate surface area is 216 Å². The fourth-order valence-electron chi connectivity index (χ4n) is 4.39. The number of fused-ring (bicyclic) bond motifs is 1. The topological polar surface area (TPSA) is 93.6 Å². The van der Waals surface area contributed by atoms with E-state index in [1.807, 2.05) is 18.2 Å². The second kappa shape index (κ2) is 9.22. The largest absolute Gasteiger partial charge is 0.462 e. The van der Waals surface area contributed by atoms with Crippen LogP contribution in [0.25, 0.3) is 15.8 Å². The van der Waals surface area contributed by atoms with Crippen LogP contribution in [0.3, 0.4) is 0 Å². The molecule has 0 spiro atoms. The van der Waals surface area contributed by atoms with E-state index in [1.165, 1.54) is 0 Å². The van der Waals surface area contributed by atoms with Crippen molar-refractivity contribution in [3.8, 4) is 0 Å². The summed E-state index contributed by atoms with van der Waals surface area (Å²) < 4.78 is 11.8. The van der Waals surface area contributed by atoms with Crippen LogP contribution in [0.2, 0.25) is 0 Å². The number of halogens is 2. The average Bonchev–Trinajstić information content (AvgIpc) is 3.44. The summed E-state index contributed by atoms with van der Waals surface area (Å²) in [7, 11) is 0. The molecule has 3 aromatic rings. The zero-order valence-electron chi connectivity index (χ0n) is 19.0. The first-order valence-corrected chi connectivity index (χ1v) is 13.1. The average molecular weight is 532 g/mol. The number of aromatic nitrogens is 2. The summed E-state index contributed by atoms with van der Waals surface area (Å²) in [6, 6.07) is 5.67. The van der Waals surface area contributed by atoms with E-state index in [9.17, 15) is 4.79 Å². The van der Waals surface area contributed by atoms with Crippen molar-refractivity contribution in [2.75, 3.05) is 31.4 Å². The van der Waals surface area contributed by atoms with Crippen molar-refractivity contribution in [3.63, 3.8) is 0 Å². The lowest BCUT2D eigenvalue weighted by Gasteiger charge is -2.42. The van der Waals surface area contributed by atoms with Gasteiger partial charge < -0.3 is 19.5 Å². The van der Waals surface area contributed by atoms with Crippen LogP contribution >= 0.6 is 34.5 Å². The Kier molecular flexibility index (Phi) is 6.06. The molecule has 2 aromatic heterocycles. The van der Waals surface area contributed by atoms with E-state index < -0.39 is 0 Å². The molecule has 0 bridgehead atoms. The number of anilines is 1. The number of carbonyl (C=O) groups excluding carboxylic acids is 1. The minimum atomic E-state index is -0.312. The van der Waals surface area contributed by atoms with Crippen LogP contribution in [0, 0.1) is 0 Å². The molecule has 0 saturated carbocycles. The molecule has 11 heteroatoms. The number of rotatable bonds is 7. The Morgan fingerprint density at radius 3 is 2.91 bits per heavy atom. The van der Waals surface area contributed by atoms with Gasteiger partial charge in [0.2, 0.25) is 0 Å². The number of thiazole rings is 1. The maximum absolute atomic E-state index is 12.1. The molecule has 1 aromatic carbocycles. The number of benzene rings is 1. The van der Waals surface area contributed by atoms with Crippen molar-refractivity contribution in [3.05, 3.63) is 56.9 Å². The van der Waals surface area contributed by atoms with Gasteiger partial charge in [-0.2, -0.15) is 0 Å². The zero-order valence-corrected chi connectivity index (χ0v) is 21.3. The van der Waals surface area contributed by atoms with Crippen LogP contribution < -0.4 is 10.2 Å². The fraction of sp³-hybridized carbons (Fsp3) is 0.375. The van der Waals surface area contributed by atoms with Crippen LogP contribution in [-0.2, 0) is 11.3 Å². The van der Waals surface area contributed by atoms with Gasteiger partial charge in [0.25, 0.3) is 0 Å². The predicted molar refractivity (Wildman–Crippen MR) is 137 cm³/mol. The first-order chi connectivity index (χ1) is 17.0. The van der Waals surface area contributed by atoms with E-state index in [1.54, 1.807) is 24.3 Å². The Balaban J connectivity index is 1.19. The van der Waals surface area contributed by atoms with E-state index in [-0.39, 0.29) is 12.0 Å². The first kappa shape index (κ1) is 23.0. The molecule has 1 unspecified atom stereocenters. The molecule has 2 saturated heterocycles. The van der Waals surface area contributed by atoms with E-state index in [0.29, 0.717) is 23.7 Å². The Morgan fingerprint density at radius 2 is 2.17 bits per heavy atom. The van der Waals surface area contributed by atoms with Crippen LogP contribution in [0.1, 0.15) is 53.2 Å². The van der Waals surface area contributed by atoms with Crippen molar-refractivity contribution >= 4 is 61.4 Å². The SMILES string of the molecule is CCOC(=O)c1ccc2nc(N3CN(Cc4c(C5=C(Cl)CCC=C5Cl)noc4C4CN4)C3)sc2c1. The van der Waals surface area contributed by atoms with Crippen LogP contribution in [0.5, 0.6) is 0 Å². The minimum absolute atomic E-state index is 0.187. The van der Waals surface area contributed by atoms with Crippen molar-refractivity contribution < 1.29 is 14.1 Å². The lowest BCUT2D eigenvalue weighted by molar-refractivity contribution is 0.0526. The summed E-state index contributed by atoms with van der Waals surface area (Å²) >= 11 is 14.7. The van der Waals surface area contributed by atoms with Gasteiger partial charge >= 0.3 is 5.97 Å². The smallest absolute Gasteiger partial charge is 0.338 e. The lowest BCUT2D eigenvalue weighted by Crippen LogP contribution is -2.54. The molecule has 6 rings (SSSR count). The standard InChI is InChI=1S/C24H23Cl2N5O3S/c1-2-33-23(32)13-6-7-17-19(8-13)35-24(28-17)31-11-30(12-31)10-14-21(29-34-22(14)18-9-27-18)20-15(25)4-3-5-16(20)26/h4,6-8,18,27H,2-3,5,9-12H2,1H3. The number of allylic oxidation sites excluding steroid dienone is 4. The van der Waals surface area contributed by atoms with Gasteiger partial charge in [-0.05, 0) is 38.0 Å². The van der Waals surface area contributed by atoms with Crippen LogP contribution in [0.4, 0.5) is 5.13 Å². The highest BCUT2D eigenvalue weighted by Crippen LogP contribution is 2.41. The van der Waals surface area contributed by atoms with Gasteiger partial charge in [-0.25, -0.2) is 9.78 Å². The summed E-state index contributed by atoms with van der Waals surface area (Å²) in [4.78, 5) is 21.3. The first-order valence-electron chi connectivity index (χ1n) is 11.5. The molecule has 0 radical (unpaired) electrons. The van der Waals surface area contributed by atoms with E-state index in [2.05, 4.69) is 20.3 Å². The second-order valence-corrected chi connectivity index (χ2v) is 10.6. The lowest BCUT2D eigenvalue weighted by atomic mass is 9.98. The molecule has 1 atom stereocenters. The quantitative estimate of drug-likeness (QED) is 0.328. The van der Waals surface area contributed by atoms with Gasteiger partial charge in [-0.3, -0.25) is 4.90 Å². The molecular formula is C24H23Cl2N5O3S. The van der Waals surface area contributed by atoms with E-state index in [0.717, 1.165) is 75.7 Å². The number of carbonyl (C=O) groups is 1. The van der Waals surface area contributed by atoms with Gasteiger partial charge in [0, 0.05) is 34.3 Å². The molecule has 3 aliphatic rings.